The van der Waals surface area contributed by atoms with Crippen molar-refractivity contribution in [3.8, 4) is 0 Å². The van der Waals surface area contributed by atoms with Crippen LogP contribution in [0.4, 0.5) is 30.2 Å². The Hall–Kier alpha value is -3.06. The first-order chi connectivity index (χ1) is 14.4. The lowest BCUT2D eigenvalue weighted by Gasteiger charge is -2.33. The number of benzene rings is 1. The zero-order valence-corrected chi connectivity index (χ0v) is 17.1. The van der Waals surface area contributed by atoms with E-state index in [4.69, 9.17) is 16.2 Å². The van der Waals surface area contributed by atoms with E-state index in [0.29, 0.717) is 19.3 Å². The van der Waals surface area contributed by atoms with Crippen LogP contribution in [0.25, 0.3) is 0 Å². The molecule has 1 aromatic carbocycles. The maximum absolute atomic E-state index is 13.1. The van der Waals surface area contributed by atoms with Crippen molar-refractivity contribution in [2.45, 2.75) is 24.0 Å². The van der Waals surface area contributed by atoms with E-state index < -0.39 is 38.3 Å². The maximum Gasteiger partial charge on any atom is 0.418 e. The van der Waals surface area contributed by atoms with Crippen molar-refractivity contribution in [1.82, 2.24) is 9.88 Å². The minimum absolute atomic E-state index is 0.0533. The molecule has 1 aromatic heterocycles. The van der Waals surface area contributed by atoms with Crippen LogP contribution < -0.4 is 16.2 Å². The van der Waals surface area contributed by atoms with Crippen LogP contribution in [-0.4, -0.2) is 50.0 Å². The minimum Gasteiger partial charge on any atom is -0.398 e. The van der Waals surface area contributed by atoms with Gasteiger partial charge in [0.2, 0.25) is 0 Å². The Balaban J connectivity index is 1.99. The third kappa shape index (κ3) is 4.82. The van der Waals surface area contributed by atoms with Gasteiger partial charge in [0, 0.05) is 12.2 Å². The van der Waals surface area contributed by atoms with Crippen LogP contribution in [-0.2, 0) is 20.9 Å². The predicted octanol–water partition coefficient (Wildman–Crippen LogP) is 1.93. The van der Waals surface area contributed by atoms with Gasteiger partial charge in [-0.3, -0.25) is 9.52 Å². The van der Waals surface area contributed by atoms with Crippen LogP contribution in [0.1, 0.15) is 23.0 Å². The van der Waals surface area contributed by atoms with Crippen molar-refractivity contribution in [1.29, 1.82) is 0 Å². The highest BCUT2D eigenvalue weighted by Crippen LogP contribution is 2.35. The number of aromatic nitrogens is 1. The second-order valence-electron chi connectivity index (χ2n) is 6.94. The number of anilines is 3. The number of hydrogen-bond donors (Lipinski definition) is 3. The molecular weight excluding hydrogens is 439 g/mol. The molecule has 168 valence electrons. The normalized spacial score (nSPS) is 17.4. The van der Waals surface area contributed by atoms with Crippen LogP contribution in [0.3, 0.4) is 0 Å². The highest BCUT2D eigenvalue weighted by molar-refractivity contribution is 7.92. The van der Waals surface area contributed by atoms with E-state index in [0.717, 1.165) is 12.1 Å². The molecule has 13 heteroatoms. The number of nitrogens with zero attached hydrogens (tertiary/aromatic N) is 2. The Labute approximate surface area is 176 Å². The van der Waals surface area contributed by atoms with E-state index in [9.17, 15) is 26.4 Å². The number of sulfonamides is 1. The molecule has 1 amide bonds. The van der Waals surface area contributed by atoms with Crippen LogP contribution in [0.2, 0.25) is 0 Å². The van der Waals surface area contributed by atoms with Gasteiger partial charge >= 0.3 is 6.18 Å². The zero-order valence-electron chi connectivity index (χ0n) is 16.3. The summed E-state index contributed by atoms with van der Waals surface area (Å²) in [6.07, 6.45) is -3.66. The molecule has 0 saturated carbocycles. The molecule has 2 heterocycles. The van der Waals surface area contributed by atoms with Gasteiger partial charge in [-0.2, -0.15) is 13.2 Å². The van der Waals surface area contributed by atoms with Crippen molar-refractivity contribution in [2.75, 3.05) is 35.9 Å². The SMILES string of the molecule is CC1COCCN1C(=O)c1ncc(N)cc1NS(=O)(=O)c1ccc(N)c(C(F)(F)F)c1. The Morgan fingerprint density at radius 3 is 2.65 bits per heavy atom. The molecule has 1 aliphatic rings. The van der Waals surface area contributed by atoms with Crippen molar-refractivity contribution in [3.05, 3.63) is 41.7 Å². The molecule has 1 unspecified atom stereocenters. The van der Waals surface area contributed by atoms with Crippen molar-refractivity contribution in [3.63, 3.8) is 0 Å². The average molecular weight is 459 g/mol. The summed E-state index contributed by atoms with van der Waals surface area (Å²) >= 11 is 0. The highest BCUT2D eigenvalue weighted by Gasteiger charge is 2.35. The summed E-state index contributed by atoms with van der Waals surface area (Å²) in [4.78, 5) is 17.7. The van der Waals surface area contributed by atoms with E-state index in [2.05, 4.69) is 9.71 Å². The van der Waals surface area contributed by atoms with Gasteiger partial charge in [0.25, 0.3) is 15.9 Å². The first-order valence-electron chi connectivity index (χ1n) is 9.04. The number of alkyl halides is 3. The largest absolute Gasteiger partial charge is 0.418 e. The summed E-state index contributed by atoms with van der Waals surface area (Å²) in [7, 11) is -4.53. The number of rotatable bonds is 4. The van der Waals surface area contributed by atoms with Gasteiger partial charge in [-0.1, -0.05) is 0 Å². The number of pyridine rings is 1. The molecule has 2 aromatic rings. The summed E-state index contributed by atoms with van der Waals surface area (Å²) < 4.78 is 72.4. The van der Waals surface area contributed by atoms with Crippen molar-refractivity contribution >= 4 is 33.0 Å². The van der Waals surface area contributed by atoms with Crippen LogP contribution in [0.15, 0.2) is 35.4 Å². The second kappa shape index (κ2) is 8.23. The number of nitrogen functional groups attached to an aromatic ring is 2. The number of nitrogens with one attached hydrogen (secondary N) is 1. The molecule has 1 atom stereocenters. The monoisotopic (exact) mass is 459 g/mol. The molecule has 31 heavy (non-hydrogen) atoms. The lowest BCUT2D eigenvalue weighted by molar-refractivity contribution is -0.137. The molecule has 0 aliphatic carbocycles. The number of nitrogens with two attached hydrogens (primary N) is 2. The lowest BCUT2D eigenvalue weighted by Crippen LogP contribution is -2.47. The summed E-state index contributed by atoms with van der Waals surface area (Å²) in [5.41, 5.74) is 8.66. The summed E-state index contributed by atoms with van der Waals surface area (Å²) in [6.45, 7) is 2.63. The van der Waals surface area contributed by atoms with E-state index in [1.165, 1.54) is 17.2 Å². The number of hydrogen-bond acceptors (Lipinski definition) is 7. The standard InChI is InChI=1S/C18H20F3N5O4S/c1-10-9-30-5-4-26(10)17(27)16-15(6-11(22)8-24-16)25-31(28,29)12-2-3-14(23)13(7-12)18(19,20)21/h2-3,6-8,10,25H,4-5,9,22-23H2,1H3. The molecular formula is C18H20F3N5O4S. The highest BCUT2D eigenvalue weighted by atomic mass is 32.2. The van der Waals surface area contributed by atoms with Crippen molar-refractivity contribution < 1.29 is 31.1 Å². The predicted molar refractivity (Wildman–Crippen MR) is 107 cm³/mol. The minimum atomic E-state index is -4.85. The van der Waals surface area contributed by atoms with Gasteiger partial charge in [-0.15, -0.1) is 0 Å². The van der Waals surface area contributed by atoms with Gasteiger partial charge < -0.3 is 21.1 Å². The van der Waals surface area contributed by atoms with Gasteiger partial charge in [-0.05, 0) is 31.2 Å². The molecule has 0 spiro atoms. The third-order valence-corrected chi connectivity index (χ3v) is 5.99. The molecule has 0 radical (unpaired) electrons. The number of carbonyl (C=O) groups excluding carboxylic acids is 1. The Morgan fingerprint density at radius 1 is 1.29 bits per heavy atom. The Kier molecular flexibility index (Phi) is 6.00. The molecule has 1 fully saturated rings. The maximum atomic E-state index is 13.1. The topological polar surface area (TPSA) is 141 Å². The lowest BCUT2D eigenvalue weighted by atomic mass is 10.2. The van der Waals surface area contributed by atoms with Crippen LogP contribution >= 0.6 is 0 Å². The second-order valence-corrected chi connectivity index (χ2v) is 8.62. The zero-order chi connectivity index (χ0) is 23.0. The fourth-order valence-electron chi connectivity index (χ4n) is 3.05. The molecule has 0 bridgehead atoms. The van der Waals surface area contributed by atoms with E-state index >= 15 is 0 Å². The van der Waals surface area contributed by atoms with Crippen molar-refractivity contribution in [2.24, 2.45) is 0 Å². The third-order valence-electron chi connectivity index (χ3n) is 4.62. The average Bonchev–Trinajstić information content (AvgIpc) is 2.67. The first-order valence-corrected chi connectivity index (χ1v) is 10.5. The van der Waals surface area contributed by atoms with Crippen LogP contribution in [0.5, 0.6) is 0 Å². The Morgan fingerprint density at radius 2 is 2.00 bits per heavy atom. The fraction of sp³-hybridized carbons (Fsp3) is 0.333. The summed E-state index contributed by atoms with van der Waals surface area (Å²) in [5, 5.41) is 0. The summed E-state index contributed by atoms with van der Waals surface area (Å²) in [6, 6.07) is 3.08. The number of morpholine rings is 1. The fourth-order valence-corrected chi connectivity index (χ4v) is 4.13. The quantitative estimate of drug-likeness (QED) is 0.593. The molecule has 3 rings (SSSR count). The molecule has 9 nitrogen and oxygen atoms in total. The number of carbonyl (C=O) groups is 1. The molecule has 5 N–H and O–H groups in total. The van der Waals surface area contributed by atoms with Gasteiger partial charge in [0.1, 0.15) is 0 Å². The van der Waals surface area contributed by atoms with E-state index in [1.54, 1.807) is 6.92 Å². The smallest absolute Gasteiger partial charge is 0.398 e. The van der Waals surface area contributed by atoms with Gasteiger partial charge in [0.05, 0.1) is 47.3 Å². The summed E-state index contributed by atoms with van der Waals surface area (Å²) in [5.74, 6) is -0.568. The number of amides is 1. The first kappa shape index (κ1) is 22.6. The van der Waals surface area contributed by atoms with E-state index in [1.807, 2.05) is 0 Å². The molecule has 1 aliphatic heterocycles. The number of ether oxygens (including phenoxy) is 1. The van der Waals surface area contributed by atoms with Crippen LogP contribution in [0, 0.1) is 0 Å². The molecule has 1 saturated heterocycles. The Bertz CT molecular complexity index is 1110. The van der Waals surface area contributed by atoms with E-state index in [-0.39, 0.29) is 29.7 Å². The number of halogens is 3. The van der Waals surface area contributed by atoms with Gasteiger partial charge in [0.15, 0.2) is 5.69 Å². The van der Waals surface area contributed by atoms with Gasteiger partial charge in [-0.25, -0.2) is 13.4 Å².